The van der Waals surface area contributed by atoms with Crippen molar-refractivity contribution in [3.05, 3.63) is 29.6 Å². The van der Waals surface area contributed by atoms with Crippen LogP contribution in [0.2, 0.25) is 0 Å². The number of nitrogens with zero attached hydrogens (tertiary/aromatic N) is 2. The second-order valence-electron chi connectivity index (χ2n) is 5.68. The fourth-order valence-corrected chi connectivity index (χ4v) is 2.91. The van der Waals surface area contributed by atoms with Crippen molar-refractivity contribution in [1.82, 2.24) is 9.88 Å². The van der Waals surface area contributed by atoms with Crippen LogP contribution in [0.15, 0.2) is 18.3 Å². The maximum Gasteiger partial charge on any atom is 0.433 e. The Morgan fingerprint density at radius 3 is 2.48 bits per heavy atom. The molecule has 0 spiro atoms. The third-order valence-electron chi connectivity index (χ3n) is 4.18. The molecule has 0 aromatic carbocycles. The number of halogens is 3. The van der Waals surface area contributed by atoms with Gasteiger partial charge in [-0.15, -0.1) is 0 Å². The van der Waals surface area contributed by atoms with Crippen LogP contribution < -0.4 is 0 Å². The highest BCUT2D eigenvalue weighted by atomic mass is 19.4. The predicted octanol–water partition coefficient (Wildman–Crippen LogP) is 3.75. The number of hydrogen-bond donors (Lipinski definition) is 0. The lowest BCUT2D eigenvalue weighted by Crippen LogP contribution is -2.42. The van der Waals surface area contributed by atoms with Gasteiger partial charge in [-0.2, -0.15) is 13.2 Å². The molecule has 1 aliphatic carbocycles. The van der Waals surface area contributed by atoms with Crippen molar-refractivity contribution in [3.63, 3.8) is 0 Å². The van der Waals surface area contributed by atoms with E-state index in [1.165, 1.54) is 12.5 Å². The second-order valence-corrected chi connectivity index (χ2v) is 5.68. The number of pyridine rings is 1. The van der Waals surface area contributed by atoms with Crippen molar-refractivity contribution in [2.24, 2.45) is 5.92 Å². The van der Waals surface area contributed by atoms with Gasteiger partial charge in [-0.05, 0) is 30.9 Å². The standard InChI is InChI=1S/C15H19F3N2O/c1-10-5-3-4-6-12(10)20(2)14(21)11-7-8-13(19-9-11)15(16,17)18/h7-10,12H,3-6H2,1-2H3. The van der Waals surface area contributed by atoms with E-state index in [0.29, 0.717) is 5.92 Å². The van der Waals surface area contributed by atoms with Crippen LogP contribution >= 0.6 is 0 Å². The van der Waals surface area contributed by atoms with Gasteiger partial charge in [-0.3, -0.25) is 9.78 Å². The lowest BCUT2D eigenvalue weighted by atomic mass is 9.85. The Kier molecular flexibility index (Phi) is 4.54. The van der Waals surface area contributed by atoms with Gasteiger partial charge in [0, 0.05) is 19.3 Å². The number of carbonyl (C=O) groups excluding carboxylic acids is 1. The minimum Gasteiger partial charge on any atom is -0.338 e. The number of amides is 1. The van der Waals surface area contributed by atoms with Crippen molar-refractivity contribution in [2.45, 2.75) is 44.8 Å². The topological polar surface area (TPSA) is 33.2 Å². The molecule has 1 amide bonds. The molecular formula is C15H19F3N2O. The fourth-order valence-electron chi connectivity index (χ4n) is 2.91. The van der Waals surface area contributed by atoms with Crippen molar-refractivity contribution < 1.29 is 18.0 Å². The first kappa shape index (κ1) is 15.8. The van der Waals surface area contributed by atoms with E-state index in [2.05, 4.69) is 11.9 Å². The average Bonchev–Trinajstić information content (AvgIpc) is 2.45. The molecule has 2 unspecified atom stereocenters. The largest absolute Gasteiger partial charge is 0.433 e. The summed E-state index contributed by atoms with van der Waals surface area (Å²) in [6.07, 6.45) is 0.797. The predicted molar refractivity (Wildman–Crippen MR) is 72.8 cm³/mol. The third-order valence-corrected chi connectivity index (χ3v) is 4.18. The monoisotopic (exact) mass is 300 g/mol. The minimum atomic E-state index is -4.48. The zero-order valence-electron chi connectivity index (χ0n) is 12.2. The van der Waals surface area contributed by atoms with E-state index >= 15 is 0 Å². The highest BCUT2D eigenvalue weighted by Crippen LogP contribution is 2.29. The molecule has 2 rings (SSSR count). The number of rotatable bonds is 2. The highest BCUT2D eigenvalue weighted by molar-refractivity contribution is 5.94. The number of aromatic nitrogens is 1. The van der Waals surface area contributed by atoms with E-state index in [1.807, 2.05) is 0 Å². The summed E-state index contributed by atoms with van der Waals surface area (Å²) in [6, 6.07) is 2.20. The molecule has 0 bridgehead atoms. The summed E-state index contributed by atoms with van der Waals surface area (Å²) in [5.74, 6) is 0.144. The summed E-state index contributed by atoms with van der Waals surface area (Å²) >= 11 is 0. The molecule has 1 aromatic rings. The molecule has 1 aromatic heterocycles. The Morgan fingerprint density at radius 1 is 1.29 bits per heavy atom. The van der Waals surface area contributed by atoms with Gasteiger partial charge in [0.2, 0.25) is 0 Å². The van der Waals surface area contributed by atoms with Gasteiger partial charge < -0.3 is 4.90 Å². The Hall–Kier alpha value is -1.59. The summed E-state index contributed by atoms with van der Waals surface area (Å²) in [5.41, 5.74) is -0.781. The average molecular weight is 300 g/mol. The van der Waals surface area contributed by atoms with Crippen LogP contribution in [0.5, 0.6) is 0 Å². The molecule has 0 aliphatic heterocycles. The molecule has 116 valence electrons. The number of alkyl halides is 3. The van der Waals surface area contributed by atoms with E-state index in [9.17, 15) is 18.0 Å². The first-order chi connectivity index (χ1) is 9.80. The molecule has 1 fully saturated rings. The molecule has 1 aliphatic rings. The van der Waals surface area contributed by atoms with Crippen molar-refractivity contribution >= 4 is 5.91 Å². The van der Waals surface area contributed by atoms with E-state index in [4.69, 9.17) is 0 Å². The van der Waals surface area contributed by atoms with Crippen LogP contribution in [0.3, 0.4) is 0 Å². The minimum absolute atomic E-state index is 0.147. The van der Waals surface area contributed by atoms with Crippen LogP contribution in [0.1, 0.15) is 48.7 Å². The Bertz CT molecular complexity index is 499. The van der Waals surface area contributed by atoms with E-state index < -0.39 is 11.9 Å². The molecule has 0 radical (unpaired) electrons. The molecule has 0 N–H and O–H groups in total. The van der Waals surface area contributed by atoms with Gasteiger partial charge in [0.05, 0.1) is 5.56 Å². The molecule has 1 heterocycles. The van der Waals surface area contributed by atoms with Gasteiger partial charge in [0.15, 0.2) is 0 Å². The Balaban J connectivity index is 2.12. The molecule has 3 nitrogen and oxygen atoms in total. The van der Waals surface area contributed by atoms with Gasteiger partial charge in [0.1, 0.15) is 5.69 Å². The SMILES string of the molecule is CC1CCCCC1N(C)C(=O)c1ccc(C(F)(F)F)nc1. The number of carbonyl (C=O) groups is 1. The molecular weight excluding hydrogens is 281 g/mol. The van der Waals surface area contributed by atoms with Crippen LogP contribution in [0, 0.1) is 5.92 Å². The first-order valence-electron chi connectivity index (χ1n) is 7.11. The zero-order chi connectivity index (χ0) is 15.6. The molecule has 2 atom stereocenters. The van der Waals surface area contributed by atoms with E-state index in [-0.39, 0.29) is 17.5 Å². The van der Waals surface area contributed by atoms with E-state index in [0.717, 1.165) is 31.5 Å². The molecule has 21 heavy (non-hydrogen) atoms. The van der Waals surface area contributed by atoms with Gasteiger partial charge in [0.25, 0.3) is 5.91 Å². The van der Waals surface area contributed by atoms with Crippen molar-refractivity contribution in [3.8, 4) is 0 Å². The molecule has 0 saturated heterocycles. The maximum absolute atomic E-state index is 12.5. The van der Waals surface area contributed by atoms with Gasteiger partial charge >= 0.3 is 6.18 Å². The smallest absolute Gasteiger partial charge is 0.338 e. The lowest BCUT2D eigenvalue weighted by molar-refractivity contribution is -0.141. The lowest BCUT2D eigenvalue weighted by Gasteiger charge is -2.36. The number of hydrogen-bond acceptors (Lipinski definition) is 2. The van der Waals surface area contributed by atoms with Crippen LogP contribution in [-0.4, -0.2) is 28.9 Å². The second kappa shape index (κ2) is 6.03. The Morgan fingerprint density at radius 2 is 1.95 bits per heavy atom. The van der Waals surface area contributed by atoms with Crippen LogP contribution in [-0.2, 0) is 6.18 Å². The van der Waals surface area contributed by atoms with Crippen LogP contribution in [0.25, 0.3) is 0 Å². The van der Waals surface area contributed by atoms with E-state index in [1.54, 1.807) is 11.9 Å². The zero-order valence-corrected chi connectivity index (χ0v) is 12.2. The van der Waals surface area contributed by atoms with Crippen LogP contribution in [0.4, 0.5) is 13.2 Å². The third kappa shape index (κ3) is 3.54. The van der Waals surface area contributed by atoms with Crippen molar-refractivity contribution in [2.75, 3.05) is 7.05 Å². The summed E-state index contributed by atoms with van der Waals surface area (Å²) in [5, 5.41) is 0. The fraction of sp³-hybridized carbons (Fsp3) is 0.600. The normalized spacial score (nSPS) is 22.9. The quantitative estimate of drug-likeness (QED) is 0.833. The van der Waals surface area contributed by atoms with Gasteiger partial charge in [-0.1, -0.05) is 19.8 Å². The first-order valence-corrected chi connectivity index (χ1v) is 7.11. The molecule has 6 heteroatoms. The summed E-state index contributed by atoms with van der Waals surface area (Å²) < 4.78 is 37.4. The van der Waals surface area contributed by atoms with Gasteiger partial charge in [-0.25, -0.2) is 0 Å². The maximum atomic E-state index is 12.5. The summed E-state index contributed by atoms with van der Waals surface area (Å²) in [6.45, 7) is 2.11. The Labute approximate surface area is 122 Å². The van der Waals surface area contributed by atoms with Crippen molar-refractivity contribution in [1.29, 1.82) is 0 Å². The summed E-state index contributed by atoms with van der Waals surface area (Å²) in [7, 11) is 1.71. The molecule has 1 saturated carbocycles. The highest BCUT2D eigenvalue weighted by Gasteiger charge is 2.33. The summed E-state index contributed by atoms with van der Waals surface area (Å²) in [4.78, 5) is 17.3.